The van der Waals surface area contributed by atoms with Crippen molar-refractivity contribution in [3.05, 3.63) is 164 Å². The Morgan fingerprint density at radius 3 is 1.73 bits per heavy atom. The molecule has 0 unspecified atom stereocenters. The van der Waals surface area contributed by atoms with Crippen LogP contribution in [-0.2, 0) is 0 Å². The molecule has 2 nitrogen and oxygen atoms in total. The molecule has 228 valence electrons. The summed E-state index contributed by atoms with van der Waals surface area (Å²) in [6, 6.07) is 46.8. The van der Waals surface area contributed by atoms with Crippen LogP contribution in [0.25, 0.3) is 88.0 Å². The Bertz CT molecular complexity index is 2840. The lowest BCUT2D eigenvalue weighted by atomic mass is 9.85. The van der Waals surface area contributed by atoms with E-state index in [0.717, 1.165) is 82.9 Å². The lowest BCUT2D eigenvalue weighted by Crippen LogP contribution is -2.08. The molecular formula is C46H33NO. The topological polar surface area (TPSA) is 16.4 Å². The Labute approximate surface area is 285 Å². The van der Waals surface area contributed by atoms with Gasteiger partial charge in [0.05, 0.1) is 5.48 Å². The van der Waals surface area contributed by atoms with Crippen LogP contribution < -0.4 is 4.90 Å². The van der Waals surface area contributed by atoms with Gasteiger partial charge in [-0.15, -0.1) is 0 Å². The van der Waals surface area contributed by atoms with E-state index in [9.17, 15) is 2.74 Å². The van der Waals surface area contributed by atoms with E-state index < -0.39 is 0 Å². The molecule has 48 heavy (non-hydrogen) atoms. The molecule has 1 aromatic heterocycles. The zero-order valence-corrected chi connectivity index (χ0v) is 26.6. The first-order valence-corrected chi connectivity index (χ1v) is 16.1. The number of anilines is 1. The van der Waals surface area contributed by atoms with Crippen LogP contribution in [0.5, 0.6) is 0 Å². The lowest BCUT2D eigenvalue weighted by Gasteiger charge is -2.20. The maximum Gasteiger partial charge on any atom is 0.136 e. The number of nitrogens with zero attached hydrogens (tertiary/aromatic N) is 1. The fourth-order valence-corrected chi connectivity index (χ4v) is 7.17. The quantitative estimate of drug-likeness (QED) is 0.178. The Balaban J connectivity index is 1.37. The highest BCUT2D eigenvalue weighted by molar-refractivity contribution is 6.22. The first-order valence-electron chi connectivity index (χ1n) is 18.1. The van der Waals surface area contributed by atoms with Crippen molar-refractivity contribution in [3.8, 4) is 44.5 Å². The molecule has 9 rings (SSSR count). The van der Waals surface area contributed by atoms with E-state index in [-0.39, 0.29) is 24.2 Å². The van der Waals surface area contributed by atoms with Crippen molar-refractivity contribution < 1.29 is 9.90 Å². The first-order chi connectivity index (χ1) is 25.3. The Hall–Kier alpha value is -6.12. The molecule has 0 saturated carbocycles. The van der Waals surface area contributed by atoms with Crippen LogP contribution in [0.2, 0.25) is 0 Å². The highest BCUT2D eigenvalue weighted by Gasteiger charge is 2.20. The van der Waals surface area contributed by atoms with Gasteiger partial charge in [-0.05, 0) is 84.8 Å². The summed E-state index contributed by atoms with van der Waals surface area (Å²) in [4.78, 5) is 2.05. The number of hydrogen-bond acceptors (Lipinski definition) is 2. The van der Waals surface area contributed by atoms with E-state index in [1.807, 2.05) is 68.7 Å². The number of para-hydroxylation sites is 1. The maximum atomic E-state index is 9.30. The van der Waals surface area contributed by atoms with E-state index in [0.29, 0.717) is 10.8 Å². The minimum atomic E-state index is -0.246. The molecule has 2 heteroatoms. The van der Waals surface area contributed by atoms with Crippen LogP contribution in [0, 0.1) is 0 Å². The van der Waals surface area contributed by atoms with E-state index >= 15 is 0 Å². The van der Waals surface area contributed by atoms with Gasteiger partial charge in [-0.25, -0.2) is 0 Å². The summed E-state index contributed by atoms with van der Waals surface area (Å²) in [5.41, 5.74) is 10.3. The predicted octanol–water partition coefficient (Wildman–Crippen LogP) is 12.6. The van der Waals surface area contributed by atoms with Gasteiger partial charge < -0.3 is 9.32 Å². The normalized spacial score (nSPS) is 12.7. The molecule has 0 radical (unpaired) electrons. The van der Waals surface area contributed by atoms with E-state index in [2.05, 4.69) is 89.8 Å². The Morgan fingerprint density at radius 1 is 0.458 bits per heavy atom. The first kappa shape index (κ1) is 24.1. The van der Waals surface area contributed by atoms with Gasteiger partial charge in [0.1, 0.15) is 11.2 Å². The minimum absolute atomic E-state index is 0.0455. The van der Waals surface area contributed by atoms with Gasteiger partial charge in [-0.2, -0.15) is 0 Å². The molecule has 0 spiro atoms. The average Bonchev–Trinajstić information content (AvgIpc) is 3.57. The zero-order valence-electron chi connectivity index (χ0n) is 30.6. The summed E-state index contributed by atoms with van der Waals surface area (Å²) in [6.07, 6.45) is 0. The van der Waals surface area contributed by atoms with Crippen LogP contribution in [0.15, 0.2) is 168 Å². The van der Waals surface area contributed by atoms with Crippen LogP contribution in [-0.4, -0.2) is 14.1 Å². The zero-order chi connectivity index (χ0) is 35.7. The molecule has 0 saturated heterocycles. The van der Waals surface area contributed by atoms with Crippen LogP contribution in [0.1, 0.15) is 5.48 Å². The molecule has 0 bridgehead atoms. The highest BCUT2D eigenvalue weighted by Crippen LogP contribution is 2.46. The predicted molar refractivity (Wildman–Crippen MR) is 205 cm³/mol. The van der Waals surface area contributed by atoms with Crippen molar-refractivity contribution in [2.75, 3.05) is 19.0 Å². The van der Waals surface area contributed by atoms with Crippen LogP contribution >= 0.6 is 0 Å². The second-order valence-electron chi connectivity index (χ2n) is 12.4. The van der Waals surface area contributed by atoms with Crippen molar-refractivity contribution in [1.82, 2.24) is 0 Å². The number of hydrogen-bond donors (Lipinski definition) is 0. The fraction of sp³-hybridized carbons (Fsp3) is 0.0435. The van der Waals surface area contributed by atoms with E-state index in [4.69, 9.17) is 7.16 Å². The SMILES string of the molecule is [2H]c1c([2H])c([2H])c2c(-c3ccccc3)c3cc(N(C)C)ccc3c(-c3ccc(-c4c(-c5ccccc5)ccc5oc6ccccc6c45)cc3)c2c1[2H]. The van der Waals surface area contributed by atoms with Gasteiger partial charge >= 0.3 is 0 Å². The number of benzene rings is 8. The second-order valence-corrected chi connectivity index (χ2v) is 12.4. The Kier molecular flexibility index (Phi) is 5.67. The monoisotopic (exact) mass is 619 g/mol. The molecule has 9 aromatic rings. The third kappa shape index (κ3) is 4.49. The number of furan rings is 1. The summed E-state index contributed by atoms with van der Waals surface area (Å²) in [6.45, 7) is 0. The fourth-order valence-electron chi connectivity index (χ4n) is 7.17. The molecule has 0 aliphatic carbocycles. The summed E-state index contributed by atoms with van der Waals surface area (Å²) < 4.78 is 42.4. The molecule has 0 aliphatic heterocycles. The summed E-state index contributed by atoms with van der Waals surface area (Å²) >= 11 is 0. The van der Waals surface area contributed by atoms with Gasteiger partial charge in [0.2, 0.25) is 0 Å². The number of fused-ring (bicyclic) bond motifs is 5. The van der Waals surface area contributed by atoms with Crippen LogP contribution in [0.4, 0.5) is 5.69 Å². The largest absolute Gasteiger partial charge is 0.456 e. The van der Waals surface area contributed by atoms with Gasteiger partial charge in [-0.3, -0.25) is 0 Å². The van der Waals surface area contributed by atoms with Crippen LogP contribution in [0.3, 0.4) is 0 Å². The molecule has 0 atom stereocenters. The second kappa shape index (κ2) is 11.3. The Morgan fingerprint density at radius 2 is 1.04 bits per heavy atom. The van der Waals surface area contributed by atoms with Gasteiger partial charge in [0.15, 0.2) is 0 Å². The van der Waals surface area contributed by atoms with Crippen molar-refractivity contribution >= 4 is 49.2 Å². The third-order valence-electron chi connectivity index (χ3n) is 9.40. The molecule has 1 heterocycles. The summed E-state index contributed by atoms with van der Waals surface area (Å²) in [7, 11) is 4.01. The van der Waals surface area contributed by atoms with Crippen molar-refractivity contribution in [3.63, 3.8) is 0 Å². The van der Waals surface area contributed by atoms with Crippen molar-refractivity contribution in [1.29, 1.82) is 0 Å². The molecule has 0 fully saturated rings. The number of rotatable bonds is 5. The average molecular weight is 620 g/mol. The van der Waals surface area contributed by atoms with E-state index in [1.54, 1.807) is 0 Å². The molecular weight excluding hydrogens is 583 g/mol. The maximum absolute atomic E-state index is 9.30. The van der Waals surface area contributed by atoms with E-state index in [1.165, 1.54) is 0 Å². The van der Waals surface area contributed by atoms with Gasteiger partial charge in [0, 0.05) is 36.1 Å². The van der Waals surface area contributed by atoms with Gasteiger partial charge in [-0.1, -0.05) is 139 Å². The van der Waals surface area contributed by atoms with Gasteiger partial charge in [0.25, 0.3) is 0 Å². The molecule has 0 N–H and O–H groups in total. The third-order valence-corrected chi connectivity index (χ3v) is 9.40. The minimum Gasteiger partial charge on any atom is -0.456 e. The molecule has 0 aliphatic rings. The van der Waals surface area contributed by atoms with Crippen molar-refractivity contribution in [2.45, 2.75) is 0 Å². The lowest BCUT2D eigenvalue weighted by molar-refractivity contribution is 0.669. The van der Waals surface area contributed by atoms with Crippen molar-refractivity contribution in [2.24, 2.45) is 0 Å². The molecule has 0 amide bonds. The highest BCUT2D eigenvalue weighted by atomic mass is 16.3. The smallest absolute Gasteiger partial charge is 0.136 e. The summed E-state index contributed by atoms with van der Waals surface area (Å²) in [5.74, 6) is 0. The standard InChI is InChI=1S/C46H33NO/c1-47(2)34-25-26-38-40(29-34)44(31-15-7-4-8-16-31)37-18-10-9-17-36(37)43(38)32-21-23-33(24-22-32)45-35(30-13-5-3-6-14-30)27-28-42-46(45)39-19-11-12-20-41(39)48-42/h3-29H,1-2H3/i9D,10D,17D,18D. The molecule has 8 aromatic carbocycles. The summed E-state index contributed by atoms with van der Waals surface area (Å²) in [5, 5.41) is 4.97.